The molecule has 0 bridgehead atoms. The lowest BCUT2D eigenvalue weighted by Gasteiger charge is -2.12. The van der Waals surface area contributed by atoms with Gasteiger partial charge in [0.25, 0.3) is 0 Å². The molecule has 1 atom stereocenters. The molecule has 1 nitrogen and oxygen atoms in total. The van der Waals surface area contributed by atoms with Crippen LogP contribution in [-0.4, -0.2) is 12.6 Å². The third-order valence-corrected chi connectivity index (χ3v) is 3.08. The second-order valence-electron chi connectivity index (χ2n) is 4.81. The van der Waals surface area contributed by atoms with Crippen molar-refractivity contribution in [3.05, 3.63) is 77.9 Å². The Bertz CT molecular complexity index is 488. The molecule has 0 aliphatic rings. The molecular formula is C18H21N. The zero-order chi connectivity index (χ0) is 13.3. The first kappa shape index (κ1) is 13.6. The predicted molar refractivity (Wildman–Crippen MR) is 83.1 cm³/mol. The van der Waals surface area contributed by atoms with Crippen molar-refractivity contribution in [2.24, 2.45) is 0 Å². The van der Waals surface area contributed by atoms with Crippen LogP contribution in [0, 0.1) is 0 Å². The van der Waals surface area contributed by atoms with Crippen LogP contribution in [0.2, 0.25) is 0 Å². The molecule has 1 N–H and O–H groups in total. The Balaban J connectivity index is 1.72. The van der Waals surface area contributed by atoms with Gasteiger partial charge in [-0.05, 0) is 24.5 Å². The number of benzene rings is 2. The average molecular weight is 251 g/mol. The molecule has 0 aliphatic carbocycles. The summed E-state index contributed by atoms with van der Waals surface area (Å²) in [6, 6.07) is 21.5. The van der Waals surface area contributed by atoms with Crippen LogP contribution in [-0.2, 0) is 6.42 Å². The topological polar surface area (TPSA) is 12.0 Å². The summed E-state index contributed by atoms with van der Waals surface area (Å²) in [5.41, 5.74) is 2.63. The minimum absolute atomic E-state index is 0.489. The molecule has 0 radical (unpaired) electrons. The number of rotatable bonds is 6. The average Bonchev–Trinajstić information content (AvgIpc) is 2.46. The summed E-state index contributed by atoms with van der Waals surface area (Å²) in [5.74, 6) is 0. The highest BCUT2D eigenvalue weighted by atomic mass is 14.9. The summed E-state index contributed by atoms with van der Waals surface area (Å²) in [6.07, 6.45) is 5.40. The molecule has 0 fully saturated rings. The maximum Gasteiger partial charge on any atom is 0.0140 e. The number of hydrogen-bond donors (Lipinski definition) is 1. The SMILES string of the molecule is C[C@@H](Cc1ccccc1)NC/C=C/c1ccccc1. The van der Waals surface area contributed by atoms with E-state index >= 15 is 0 Å². The zero-order valence-electron chi connectivity index (χ0n) is 11.4. The fourth-order valence-corrected chi connectivity index (χ4v) is 2.07. The molecule has 2 rings (SSSR count). The lowest BCUT2D eigenvalue weighted by atomic mass is 10.1. The minimum atomic E-state index is 0.489. The van der Waals surface area contributed by atoms with E-state index in [1.807, 2.05) is 6.07 Å². The Hall–Kier alpha value is -1.86. The molecular weight excluding hydrogens is 230 g/mol. The van der Waals surface area contributed by atoms with Gasteiger partial charge in [0.2, 0.25) is 0 Å². The zero-order valence-corrected chi connectivity index (χ0v) is 11.4. The van der Waals surface area contributed by atoms with Gasteiger partial charge in [0.05, 0.1) is 0 Å². The van der Waals surface area contributed by atoms with Gasteiger partial charge in [-0.15, -0.1) is 0 Å². The standard InChI is InChI=1S/C18H21N/c1-16(15-18-11-6-3-7-12-18)19-14-8-13-17-9-4-2-5-10-17/h2-13,16,19H,14-15H2,1H3/b13-8+/t16-/m0/s1. The van der Waals surface area contributed by atoms with Crippen LogP contribution in [0.4, 0.5) is 0 Å². The van der Waals surface area contributed by atoms with Gasteiger partial charge in [0.15, 0.2) is 0 Å². The van der Waals surface area contributed by atoms with Gasteiger partial charge in [-0.2, -0.15) is 0 Å². The molecule has 0 heterocycles. The molecule has 0 saturated heterocycles. The molecule has 0 amide bonds. The van der Waals surface area contributed by atoms with E-state index in [4.69, 9.17) is 0 Å². The van der Waals surface area contributed by atoms with Gasteiger partial charge in [-0.25, -0.2) is 0 Å². The molecule has 0 spiro atoms. The molecule has 1 heteroatoms. The van der Waals surface area contributed by atoms with Crippen LogP contribution in [0.25, 0.3) is 6.08 Å². The van der Waals surface area contributed by atoms with Crippen LogP contribution in [0.15, 0.2) is 66.7 Å². The Morgan fingerprint density at radius 1 is 0.947 bits per heavy atom. The van der Waals surface area contributed by atoms with Gasteiger partial charge in [-0.3, -0.25) is 0 Å². The van der Waals surface area contributed by atoms with E-state index in [2.05, 4.69) is 79.0 Å². The van der Waals surface area contributed by atoms with Gasteiger partial charge >= 0.3 is 0 Å². The summed E-state index contributed by atoms with van der Waals surface area (Å²) < 4.78 is 0. The molecule has 0 saturated carbocycles. The Morgan fingerprint density at radius 3 is 2.26 bits per heavy atom. The summed E-state index contributed by atoms with van der Waals surface area (Å²) in [6.45, 7) is 3.13. The smallest absolute Gasteiger partial charge is 0.0140 e. The van der Waals surface area contributed by atoms with Crippen molar-refractivity contribution in [1.82, 2.24) is 5.32 Å². The van der Waals surface area contributed by atoms with Crippen molar-refractivity contribution in [3.8, 4) is 0 Å². The predicted octanol–water partition coefficient (Wildman–Crippen LogP) is 3.92. The van der Waals surface area contributed by atoms with Gasteiger partial charge in [-0.1, -0.05) is 72.8 Å². The van der Waals surface area contributed by atoms with Crippen molar-refractivity contribution in [2.45, 2.75) is 19.4 Å². The van der Waals surface area contributed by atoms with Gasteiger partial charge in [0.1, 0.15) is 0 Å². The maximum absolute atomic E-state index is 3.51. The summed E-state index contributed by atoms with van der Waals surface area (Å²) >= 11 is 0. The number of hydrogen-bond acceptors (Lipinski definition) is 1. The molecule has 2 aromatic rings. The highest BCUT2D eigenvalue weighted by Crippen LogP contribution is 2.03. The minimum Gasteiger partial charge on any atom is -0.310 e. The normalized spacial score (nSPS) is 12.7. The van der Waals surface area contributed by atoms with Crippen LogP contribution < -0.4 is 5.32 Å². The summed E-state index contributed by atoms with van der Waals surface area (Å²) in [5, 5.41) is 3.51. The van der Waals surface area contributed by atoms with E-state index in [0.29, 0.717) is 6.04 Å². The second-order valence-corrected chi connectivity index (χ2v) is 4.81. The fourth-order valence-electron chi connectivity index (χ4n) is 2.07. The van der Waals surface area contributed by atoms with E-state index < -0.39 is 0 Å². The quantitative estimate of drug-likeness (QED) is 0.820. The second kappa shape index (κ2) is 7.55. The fraction of sp³-hybridized carbons (Fsp3) is 0.222. The van der Waals surface area contributed by atoms with E-state index in [1.165, 1.54) is 11.1 Å². The first-order valence-corrected chi connectivity index (χ1v) is 6.83. The third-order valence-electron chi connectivity index (χ3n) is 3.08. The van der Waals surface area contributed by atoms with Crippen molar-refractivity contribution in [3.63, 3.8) is 0 Å². The summed E-state index contributed by atoms with van der Waals surface area (Å²) in [4.78, 5) is 0. The summed E-state index contributed by atoms with van der Waals surface area (Å²) in [7, 11) is 0. The molecule has 0 aliphatic heterocycles. The van der Waals surface area contributed by atoms with Crippen molar-refractivity contribution in [1.29, 1.82) is 0 Å². The van der Waals surface area contributed by atoms with Crippen molar-refractivity contribution < 1.29 is 0 Å². The van der Waals surface area contributed by atoms with Gasteiger partial charge < -0.3 is 5.32 Å². The Kier molecular flexibility index (Phi) is 5.39. The van der Waals surface area contributed by atoms with E-state index in [1.54, 1.807) is 0 Å². The third kappa shape index (κ3) is 5.11. The Labute approximate surface area is 116 Å². The van der Waals surface area contributed by atoms with Crippen LogP contribution >= 0.6 is 0 Å². The first-order valence-electron chi connectivity index (χ1n) is 6.83. The molecule has 98 valence electrons. The van der Waals surface area contributed by atoms with Crippen LogP contribution in [0.1, 0.15) is 18.1 Å². The molecule has 0 unspecified atom stereocenters. The van der Waals surface area contributed by atoms with Crippen molar-refractivity contribution in [2.75, 3.05) is 6.54 Å². The van der Waals surface area contributed by atoms with Crippen LogP contribution in [0.5, 0.6) is 0 Å². The van der Waals surface area contributed by atoms with Crippen LogP contribution in [0.3, 0.4) is 0 Å². The van der Waals surface area contributed by atoms with E-state index in [-0.39, 0.29) is 0 Å². The van der Waals surface area contributed by atoms with E-state index in [0.717, 1.165) is 13.0 Å². The largest absolute Gasteiger partial charge is 0.310 e. The highest BCUT2D eigenvalue weighted by molar-refractivity contribution is 5.48. The maximum atomic E-state index is 3.51. The number of nitrogens with one attached hydrogen (secondary N) is 1. The first-order chi connectivity index (χ1) is 9.34. The molecule has 0 aromatic heterocycles. The highest BCUT2D eigenvalue weighted by Gasteiger charge is 2.00. The van der Waals surface area contributed by atoms with Crippen molar-refractivity contribution >= 4 is 6.08 Å². The monoisotopic (exact) mass is 251 g/mol. The molecule has 2 aromatic carbocycles. The lowest BCUT2D eigenvalue weighted by Crippen LogP contribution is -2.28. The van der Waals surface area contributed by atoms with Gasteiger partial charge in [0, 0.05) is 12.6 Å². The lowest BCUT2D eigenvalue weighted by molar-refractivity contribution is 0.581. The molecule has 19 heavy (non-hydrogen) atoms. The van der Waals surface area contributed by atoms with E-state index in [9.17, 15) is 0 Å². The Morgan fingerprint density at radius 2 is 1.58 bits per heavy atom.